The molecule has 1 saturated carbocycles. The lowest BCUT2D eigenvalue weighted by atomic mass is 9.82. The van der Waals surface area contributed by atoms with Gasteiger partial charge >= 0.3 is 0 Å². The number of para-hydroxylation sites is 1. The third-order valence-electron chi connectivity index (χ3n) is 3.66. The lowest BCUT2D eigenvalue weighted by Gasteiger charge is -2.22. The summed E-state index contributed by atoms with van der Waals surface area (Å²) in [5, 5.41) is 9.83. The molecule has 0 spiro atoms. The molecule has 2 unspecified atom stereocenters. The number of carbonyl (C=O) groups excluding carboxylic acids is 1. The molecule has 1 aliphatic carbocycles. The fourth-order valence-electron chi connectivity index (χ4n) is 2.63. The Labute approximate surface area is 89.9 Å². The Bertz CT molecular complexity index is 384. The van der Waals surface area contributed by atoms with Gasteiger partial charge in [-0.1, -0.05) is 32.0 Å². The number of rotatable bonds is 3. The van der Waals surface area contributed by atoms with Crippen LogP contribution in [0.3, 0.4) is 0 Å². The molecule has 1 fully saturated rings. The van der Waals surface area contributed by atoms with Gasteiger partial charge in [-0.2, -0.15) is 0 Å². The largest absolute Gasteiger partial charge is 0.508 e. The fraction of sp³-hybridized carbons (Fsp3) is 0.462. The summed E-state index contributed by atoms with van der Waals surface area (Å²) in [7, 11) is 0. The summed E-state index contributed by atoms with van der Waals surface area (Å²) in [6.07, 6.45) is 1.89. The van der Waals surface area contributed by atoms with Gasteiger partial charge in [0.05, 0.1) is 0 Å². The molecule has 2 nitrogen and oxygen atoms in total. The maximum absolute atomic E-state index is 10.9. The molecule has 0 bridgehead atoms. The van der Waals surface area contributed by atoms with Crippen molar-refractivity contribution in [1.29, 1.82) is 0 Å². The first-order valence-corrected chi connectivity index (χ1v) is 5.36. The fourth-order valence-corrected chi connectivity index (χ4v) is 2.63. The van der Waals surface area contributed by atoms with E-state index in [1.54, 1.807) is 6.07 Å². The molecule has 0 aliphatic heterocycles. The van der Waals surface area contributed by atoms with E-state index in [-0.39, 0.29) is 11.3 Å². The molecular weight excluding hydrogens is 188 g/mol. The molecule has 1 N–H and O–H groups in total. The van der Waals surface area contributed by atoms with Gasteiger partial charge < -0.3 is 9.90 Å². The van der Waals surface area contributed by atoms with Crippen molar-refractivity contribution < 1.29 is 9.90 Å². The second kappa shape index (κ2) is 3.37. The molecule has 2 rings (SSSR count). The highest BCUT2D eigenvalue weighted by atomic mass is 16.3. The molecule has 1 aliphatic rings. The van der Waals surface area contributed by atoms with Gasteiger partial charge in [0, 0.05) is 16.9 Å². The number of aromatic hydroxyl groups is 1. The van der Waals surface area contributed by atoms with E-state index >= 15 is 0 Å². The van der Waals surface area contributed by atoms with Gasteiger partial charge in [0.1, 0.15) is 12.0 Å². The van der Waals surface area contributed by atoms with Crippen LogP contribution in [0.2, 0.25) is 0 Å². The minimum Gasteiger partial charge on any atom is -0.508 e. The number of hydrogen-bond acceptors (Lipinski definition) is 2. The van der Waals surface area contributed by atoms with E-state index in [0.29, 0.717) is 11.7 Å². The highest BCUT2D eigenvalue weighted by Crippen LogP contribution is 2.59. The molecule has 0 radical (unpaired) electrons. The van der Waals surface area contributed by atoms with Crippen molar-refractivity contribution in [2.24, 2.45) is 11.8 Å². The minimum atomic E-state index is -0.118. The molecule has 1 aromatic rings. The Morgan fingerprint density at radius 1 is 1.47 bits per heavy atom. The molecule has 80 valence electrons. The third kappa shape index (κ3) is 1.36. The van der Waals surface area contributed by atoms with Gasteiger partial charge in [-0.3, -0.25) is 0 Å². The van der Waals surface area contributed by atoms with Crippen LogP contribution in [0.5, 0.6) is 5.75 Å². The zero-order chi connectivity index (χ0) is 11.1. The second-order valence-corrected chi connectivity index (χ2v) is 4.66. The van der Waals surface area contributed by atoms with Crippen LogP contribution in [0.15, 0.2) is 24.3 Å². The summed E-state index contributed by atoms with van der Waals surface area (Å²) < 4.78 is 0. The average molecular weight is 204 g/mol. The van der Waals surface area contributed by atoms with Crippen molar-refractivity contribution in [2.45, 2.75) is 25.7 Å². The number of aldehydes is 1. The Morgan fingerprint density at radius 2 is 2.13 bits per heavy atom. The van der Waals surface area contributed by atoms with E-state index in [0.717, 1.165) is 18.3 Å². The highest BCUT2D eigenvalue weighted by molar-refractivity contribution is 5.66. The van der Waals surface area contributed by atoms with Crippen LogP contribution in [0.4, 0.5) is 0 Å². The van der Waals surface area contributed by atoms with Crippen molar-refractivity contribution in [3.8, 4) is 5.75 Å². The molecule has 2 heteroatoms. The Morgan fingerprint density at radius 3 is 2.60 bits per heavy atom. The molecule has 0 saturated heterocycles. The van der Waals surface area contributed by atoms with Crippen LogP contribution in [-0.2, 0) is 10.2 Å². The Kier molecular flexibility index (Phi) is 2.29. The molecule has 0 aromatic heterocycles. The number of phenols is 1. The first-order chi connectivity index (χ1) is 7.13. The van der Waals surface area contributed by atoms with Gasteiger partial charge in [0.2, 0.25) is 0 Å². The Hall–Kier alpha value is -1.31. The van der Waals surface area contributed by atoms with Crippen LogP contribution in [-0.4, -0.2) is 11.4 Å². The Balaban J connectivity index is 2.45. The molecule has 0 heterocycles. The summed E-state index contributed by atoms with van der Waals surface area (Å²) in [6.45, 7) is 4.21. The quantitative estimate of drug-likeness (QED) is 0.768. The summed E-state index contributed by atoms with van der Waals surface area (Å²) >= 11 is 0. The van der Waals surface area contributed by atoms with Crippen LogP contribution >= 0.6 is 0 Å². The molecule has 1 aromatic carbocycles. The zero-order valence-corrected chi connectivity index (χ0v) is 9.10. The number of benzene rings is 1. The van der Waals surface area contributed by atoms with Crippen molar-refractivity contribution >= 4 is 6.29 Å². The first kappa shape index (κ1) is 10.2. The smallest absolute Gasteiger partial charge is 0.124 e. The monoisotopic (exact) mass is 204 g/mol. The van der Waals surface area contributed by atoms with E-state index in [9.17, 15) is 9.90 Å². The average Bonchev–Trinajstić information content (AvgIpc) is 2.94. The highest BCUT2D eigenvalue weighted by Gasteiger charge is 2.58. The lowest BCUT2D eigenvalue weighted by Crippen LogP contribution is -2.18. The van der Waals surface area contributed by atoms with Gasteiger partial charge in [-0.05, 0) is 18.4 Å². The maximum atomic E-state index is 10.9. The molecule has 2 atom stereocenters. The summed E-state index contributed by atoms with van der Waals surface area (Å²) in [5.41, 5.74) is 0.810. The molecule has 0 amide bonds. The zero-order valence-electron chi connectivity index (χ0n) is 9.10. The lowest BCUT2D eigenvalue weighted by molar-refractivity contribution is -0.109. The number of carbonyl (C=O) groups is 1. The van der Waals surface area contributed by atoms with Crippen molar-refractivity contribution in [2.75, 3.05) is 0 Å². The number of phenolic OH excluding ortho intramolecular Hbond substituents is 1. The van der Waals surface area contributed by atoms with Crippen LogP contribution in [0.25, 0.3) is 0 Å². The van der Waals surface area contributed by atoms with E-state index in [1.807, 2.05) is 18.2 Å². The SMILES string of the molecule is CC(C)C1(c2ccccc2O)CC1C=O. The second-order valence-electron chi connectivity index (χ2n) is 4.66. The summed E-state index contributed by atoms with van der Waals surface area (Å²) in [6, 6.07) is 7.35. The van der Waals surface area contributed by atoms with E-state index in [2.05, 4.69) is 13.8 Å². The van der Waals surface area contributed by atoms with Gasteiger partial charge in [0.25, 0.3) is 0 Å². The standard InChI is InChI=1S/C13H16O2/c1-9(2)13(7-10(13)8-14)11-5-3-4-6-12(11)15/h3-6,8-10,15H,7H2,1-2H3. The normalized spacial score (nSPS) is 29.1. The van der Waals surface area contributed by atoms with Gasteiger partial charge in [-0.25, -0.2) is 0 Å². The maximum Gasteiger partial charge on any atom is 0.124 e. The molecule has 15 heavy (non-hydrogen) atoms. The van der Waals surface area contributed by atoms with Crippen LogP contribution < -0.4 is 0 Å². The van der Waals surface area contributed by atoms with Crippen molar-refractivity contribution in [3.63, 3.8) is 0 Å². The summed E-state index contributed by atoms with van der Waals surface area (Å²) in [5.74, 6) is 0.766. The first-order valence-electron chi connectivity index (χ1n) is 5.36. The van der Waals surface area contributed by atoms with E-state index < -0.39 is 0 Å². The van der Waals surface area contributed by atoms with Gasteiger partial charge in [-0.15, -0.1) is 0 Å². The third-order valence-corrected chi connectivity index (χ3v) is 3.66. The van der Waals surface area contributed by atoms with Gasteiger partial charge in [0.15, 0.2) is 0 Å². The topological polar surface area (TPSA) is 37.3 Å². The van der Waals surface area contributed by atoms with Crippen LogP contribution in [0.1, 0.15) is 25.8 Å². The summed E-state index contributed by atoms with van der Waals surface area (Å²) in [4.78, 5) is 10.9. The minimum absolute atomic E-state index is 0.0748. The van der Waals surface area contributed by atoms with Crippen molar-refractivity contribution in [3.05, 3.63) is 29.8 Å². The van der Waals surface area contributed by atoms with Crippen molar-refractivity contribution in [1.82, 2.24) is 0 Å². The van der Waals surface area contributed by atoms with Crippen LogP contribution in [0, 0.1) is 11.8 Å². The van der Waals surface area contributed by atoms with E-state index in [4.69, 9.17) is 0 Å². The molecular formula is C13H16O2. The number of hydrogen-bond donors (Lipinski definition) is 1. The predicted molar refractivity (Wildman–Crippen MR) is 58.8 cm³/mol. The van der Waals surface area contributed by atoms with E-state index in [1.165, 1.54) is 0 Å². The predicted octanol–water partition coefficient (Wildman–Crippen LogP) is 2.50.